The lowest BCUT2D eigenvalue weighted by Gasteiger charge is -2.20. The number of nitrogens with zero attached hydrogens (tertiary/aromatic N) is 3. The fraction of sp³-hybridized carbons (Fsp3) is 0.200. The minimum Gasteiger partial charge on any atom is -0.340 e. The highest BCUT2D eigenvalue weighted by Gasteiger charge is 2.23. The molecule has 4 rings (SSSR count). The summed E-state index contributed by atoms with van der Waals surface area (Å²) >= 11 is 0. The average molecular weight is 345 g/mol. The van der Waals surface area contributed by atoms with Gasteiger partial charge in [-0.3, -0.25) is 9.78 Å². The van der Waals surface area contributed by atoms with E-state index in [0.29, 0.717) is 11.2 Å². The molecule has 2 aromatic carbocycles. The predicted molar refractivity (Wildman–Crippen MR) is 101 cm³/mol. The Labute approximate surface area is 150 Å². The van der Waals surface area contributed by atoms with E-state index < -0.39 is 0 Å². The Morgan fingerprint density at radius 1 is 0.962 bits per heavy atom. The van der Waals surface area contributed by atoms with Gasteiger partial charge in [-0.15, -0.1) is 0 Å². The first-order valence-corrected chi connectivity index (χ1v) is 8.59. The number of aromatic amines is 1. The van der Waals surface area contributed by atoms with Gasteiger partial charge >= 0.3 is 0 Å². The Morgan fingerprint density at radius 3 is 2.38 bits per heavy atom. The summed E-state index contributed by atoms with van der Waals surface area (Å²) in [6, 6.07) is 15.1. The monoisotopic (exact) mass is 345 g/mol. The number of fused-ring (bicyclic) bond motifs is 2. The fourth-order valence-electron chi connectivity index (χ4n) is 2.95. The maximum atomic E-state index is 12.7. The highest BCUT2D eigenvalue weighted by atomic mass is 16.2. The van der Waals surface area contributed by atoms with Crippen molar-refractivity contribution in [3.63, 3.8) is 0 Å². The Balaban J connectivity index is 1.63. The van der Waals surface area contributed by atoms with Crippen LogP contribution >= 0.6 is 0 Å². The Morgan fingerprint density at radius 2 is 1.65 bits per heavy atom. The average Bonchev–Trinajstić information content (AvgIpc) is 3.09. The quantitative estimate of drug-likeness (QED) is 0.591. The van der Waals surface area contributed by atoms with Crippen LogP contribution < -0.4 is 5.32 Å². The highest BCUT2D eigenvalue weighted by molar-refractivity contribution is 5.94. The van der Waals surface area contributed by atoms with Crippen molar-refractivity contribution in [1.29, 1.82) is 0 Å². The van der Waals surface area contributed by atoms with Crippen LogP contribution in [0, 0.1) is 5.92 Å². The number of imidazole rings is 1. The number of amides is 1. The number of H-pyrrole nitrogens is 1. The van der Waals surface area contributed by atoms with Crippen LogP contribution in [-0.4, -0.2) is 25.8 Å². The highest BCUT2D eigenvalue weighted by Crippen LogP contribution is 2.22. The molecule has 6 heteroatoms. The molecular weight excluding hydrogens is 326 g/mol. The van der Waals surface area contributed by atoms with E-state index in [1.807, 2.05) is 62.4 Å². The van der Waals surface area contributed by atoms with Gasteiger partial charge in [0.25, 0.3) is 5.91 Å². The summed E-state index contributed by atoms with van der Waals surface area (Å²) in [5, 5.41) is 3.04. The van der Waals surface area contributed by atoms with Crippen LogP contribution in [0.15, 0.2) is 54.7 Å². The first-order chi connectivity index (χ1) is 12.6. The van der Waals surface area contributed by atoms with Gasteiger partial charge in [-0.25, -0.2) is 9.97 Å². The van der Waals surface area contributed by atoms with Crippen LogP contribution in [0.2, 0.25) is 0 Å². The molecule has 0 unspecified atom stereocenters. The van der Waals surface area contributed by atoms with Gasteiger partial charge in [0.15, 0.2) is 0 Å². The minimum atomic E-state index is -0.262. The van der Waals surface area contributed by atoms with Gasteiger partial charge < -0.3 is 10.3 Å². The number of para-hydroxylation sites is 4. The summed E-state index contributed by atoms with van der Waals surface area (Å²) in [6.45, 7) is 4.09. The molecule has 0 saturated heterocycles. The van der Waals surface area contributed by atoms with Crippen molar-refractivity contribution in [2.24, 2.45) is 5.92 Å². The van der Waals surface area contributed by atoms with E-state index in [1.54, 1.807) is 0 Å². The van der Waals surface area contributed by atoms with Crippen LogP contribution in [0.3, 0.4) is 0 Å². The SMILES string of the molecule is CC(C)[C@@H](NC(=O)c1cnc2ccccc2n1)c1nc2ccccc2[nH]1. The molecule has 1 atom stereocenters. The van der Waals surface area contributed by atoms with Crippen molar-refractivity contribution >= 4 is 28.0 Å². The lowest BCUT2D eigenvalue weighted by Crippen LogP contribution is -2.33. The van der Waals surface area contributed by atoms with Gasteiger partial charge in [0.05, 0.1) is 34.3 Å². The van der Waals surface area contributed by atoms with Crippen molar-refractivity contribution < 1.29 is 4.79 Å². The molecule has 1 amide bonds. The molecular formula is C20H19N5O. The lowest BCUT2D eigenvalue weighted by molar-refractivity contribution is 0.0918. The zero-order valence-corrected chi connectivity index (χ0v) is 14.6. The van der Waals surface area contributed by atoms with E-state index in [-0.39, 0.29) is 17.9 Å². The summed E-state index contributed by atoms with van der Waals surface area (Å²) in [7, 11) is 0. The van der Waals surface area contributed by atoms with Crippen LogP contribution in [0.4, 0.5) is 0 Å². The van der Waals surface area contributed by atoms with E-state index in [9.17, 15) is 4.79 Å². The van der Waals surface area contributed by atoms with Gasteiger partial charge in [0, 0.05) is 0 Å². The molecule has 2 aromatic heterocycles. The van der Waals surface area contributed by atoms with Gasteiger partial charge in [-0.2, -0.15) is 0 Å². The predicted octanol–water partition coefficient (Wildman–Crippen LogP) is 3.63. The molecule has 26 heavy (non-hydrogen) atoms. The molecule has 0 spiro atoms. The van der Waals surface area contributed by atoms with Crippen LogP contribution in [0.1, 0.15) is 36.2 Å². The van der Waals surface area contributed by atoms with Gasteiger partial charge in [-0.1, -0.05) is 38.1 Å². The molecule has 6 nitrogen and oxygen atoms in total. The van der Waals surface area contributed by atoms with Gasteiger partial charge in [0.1, 0.15) is 11.5 Å². The van der Waals surface area contributed by atoms with Crippen LogP contribution in [0.5, 0.6) is 0 Å². The number of carbonyl (C=O) groups is 1. The van der Waals surface area contributed by atoms with E-state index in [0.717, 1.165) is 22.4 Å². The molecule has 0 aliphatic heterocycles. The number of benzene rings is 2. The minimum absolute atomic E-state index is 0.160. The van der Waals surface area contributed by atoms with Crippen LogP contribution in [-0.2, 0) is 0 Å². The smallest absolute Gasteiger partial charge is 0.272 e. The number of hydrogen-bond acceptors (Lipinski definition) is 4. The third-order valence-electron chi connectivity index (χ3n) is 4.34. The van der Waals surface area contributed by atoms with E-state index in [2.05, 4.69) is 25.3 Å². The molecule has 130 valence electrons. The first-order valence-electron chi connectivity index (χ1n) is 8.59. The number of rotatable bonds is 4. The Hall–Kier alpha value is -3.28. The van der Waals surface area contributed by atoms with Crippen molar-refractivity contribution in [3.8, 4) is 0 Å². The molecule has 2 heterocycles. The van der Waals surface area contributed by atoms with E-state index >= 15 is 0 Å². The van der Waals surface area contributed by atoms with E-state index in [4.69, 9.17) is 0 Å². The number of aromatic nitrogens is 4. The van der Waals surface area contributed by atoms with Gasteiger partial charge in [0.2, 0.25) is 0 Å². The summed E-state index contributed by atoms with van der Waals surface area (Å²) < 4.78 is 0. The third kappa shape index (κ3) is 3.01. The third-order valence-corrected chi connectivity index (χ3v) is 4.34. The molecule has 4 aromatic rings. The van der Waals surface area contributed by atoms with Crippen LogP contribution in [0.25, 0.3) is 22.1 Å². The summed E-state index contributed by atoms with van der Waals surface area (Å²) in [5.74, 6) is 0.638. The molecule has 0 aliphatic rings. The number of nitrogens with one attached hydrogen (secondary N) is 2. The Kier molecular flexibility index (Phi) is 4.08. The van der Waals surface area contributed by atoms with Crippen molar-refractivity contribution in [2.45, 2.75) is 19.9 Å². The fourth-order valence-corrected chi connectivity index (χ4v) is 2.95. The summed E-state index contributed by atoms with van der Waals surface area (Å²) in [4.78, 5) is 29.4. The van der Waals surface area contributed by atoms with Crippen molar-refractivity contribution in [1.82, 2.24) is 25.3 Å². The van der Waals surface area contributed by atoms with Gasteiger partial charge in [-0.05, 0) is 30.2 Å². The molecule has 2 N–H and O–H groups in total. The molecule has 0 radical (unpaired) electrons. The zero-order chi connectivity index (χ0) is 18.1. The maximum Gasteiger partial charge on any atom is 0.272 e. The summed E-state index contributed by atoms with van der Waals surface area (Å²) in [6.07, 6.45) is 1.51. The topological polar surface area (TPSA) is 83.6 Å². The largest absolute Gasteiger partial charge is 0.340 e. The second kappa shape index (κ2) is 6.55. The second-order valence-corrected chi connectivity index (χ2v) is 6.58. The van der Waals surface area contributed by atoms with Crippen molar-refractivity contribution in [2.75, 3.05) is 0 Å². The Bertz CT molecular complexity index is 1050. The standard InChI is InChI=1S/C20H19N5O/c1-12(2)18(19-23-15-9-5-6-10-16(15)24-19)25-20(26)17-11-21-13-7-3-4-8-14(13)22-17/h3-12,18H,1-2H3,(H,23,24)(H,25,26)/t18-/m1/s1. The number of carbonyl (C=O) groups excluding carboxylic acids is 1. The first kappa shape index (κ1) is 16.2. The normalized spacial score (nSPS) is 12.6. The number of hydrogen-bond donors (Lipinski definition) is 2. The maximum absolute atomic E-state index is 12.7. The lowest BCUT2D eigenvalue weighted by atomic mass is 10.0. The zero-order valence-electron chi connectivity index (χ0n) is 14.6. The van der Waals surface area contributed by atoms with Crippen molar-refractivity contribution in [3.05, 3.63) is 66.2 Å². The second-order valence-electron chi connectivity index (χ2n) is 6.58. The van der Waals surface area contributed by atoms with E-state index in [1.165, 1.54) is 6.20 Å². The molecule has 0 fully saturated rings. The molecule has 0 aliphatic carbocycles. The summed E-state index contributed by atoms with van der Waals surface area (Å²) in [5.41, 5.74) is 3.60. The molecule has 0 saturated carbocycles. The molecule has 0 bridgehead atoms.